The molecule has 1 saturated carbocycles. The number of benzene rings is 2. The van der Waals surface area contributed by atoms with Crippen LogP contribution in [0.3, 0.4) is 0 Å². The minimum atomic E-state index is -0.196. The van der Waals surface area contributed by atoms with Gasteiger partial charge in [-0.05, 0) is 54.5 Å². The van der Waals surface area contributed by atoms with Crippen LogP contribution in [0.1, 0.15) is 48.0 Å². The molecule has 3 rings (SSSR count). The van der Waals surface area contributed by atoms with Crippen LogP contribution in [-0.4, -0.2) is 12.6 Å². The minimum absolute atomic E-state index is 0.196. The molecular weight excluding hydrogens is 284 g/mol. The first kappa shape index (κ1) is 15.8. The van der Waals surface area contributed by atoms with Crippen LogP contribution >= 0.6 is 0 Å². The summed E-state index contributed by atoms with van der Waals surface area (Å²) in [6.45, 7) is 2.61. The lowest BCUT2D eigenvalue weighted by molar-refractivity contribution is 0.0410. The van der Waals surface area contributed by atoms with Gasteiger partial charge < -0.3 is 4.74 Å². The van der Waals surface area contributed by atoms with E-state index >= 15 is 0 Å². The SMILES string of the molecule is Cc1cc(C(=O)OCC2CCCCC2)ccc1-c1ccccc1. The van der Waals surface area contributed by atoms with Crippen LogP contribution in [0.15, 0.2) is 48.5 Å². The van der Waals surface area contributed by atoms with Crippen LogP contribution in [0, 0.1) is 12.8 Å². The summed E-state index contributed by atoms with van der Waals surface area (Å²) in [6.07, 6.45) is 6.25. The van der Waals surface area contributed by atoms with Gasteiger partial charge in [0.25, 0.3) is 0 Å². The lowest BCUT2D eigenvalue weighted by Crippen LogP contribution is -2.16. The molecule has 120 valence electrons. The molecule has 0 heterocycles. The average molecular weight is 308 g/mol. The lowest BCUT2D eigenvalue weighted by atomic mass is 9.90. The number of ether oxygens (including phenoxy) is 1. The topological polar surface area (TPSA) is 26.3 Å². The molecule has 0 N–H and O–H groups in total. The zero-order valence-electron chi connectivity index (χ0n) is 13.8. The number of hydrogen-bond acceptors (Lipinski definition) is 2. The van der Waals surface area contributed by atoms with Gasteiger partial charge in [-0.1, -0.05) is 55.7 Å². The van der Waals surface area contributed by atoms with Gasteiger partial charge in [-0.2, -0.15) is 0 Å². The number of rotatable bonds is 4. The third kappa shape index (κ3) is 4.01. The summed E-state index contributed by atoms with van der Waals surface area (Å²) in [4.78, 5) is 12.3. The number of esters is 1. The van der Waals surface area contributed by atoms with Gasteiger partial charge in [-0.15, -0.1) is 0 Å². The molecule has 0 amide bonds. The monoisotopic (exact) mass is 308 g/mol. The Labute approximate surface area is 138 Å². The van der Waals surface area contributed by atoms with Crippen molar-refractivity contribution >= 4 is 5.97 Å². The third-order valence-electron chi connectivity index (χ3n) is 4.72. The molecule has 0 bridgehead atoms. The number of aryl methyl sites for hydroxylation is 1. The Balaban J connectivity index is 1.66. The molecule has 0 spiro atoms. The van der Waals surface area contributed by atoms with Crippen LogP contribution in [0.5, 0.6) is 0 Å². The molecule has 2 aromatic rings. The van der Waals surface area contributed by atoms with E-state index in [-0.39, 0.29) is 5.97 Å². The van der Waals surface area contributed by atoms with Gasteiger partial charge in [0.1, 0.15) is 0 Å². The summed E-state index contributed by atoms with van der Waals surface area (Å²) in [6, 6.07) is 16.1. The van der Waals surface area contributed by atoms with Gasteiger partial charge >= 0.3 is 5.97 Å². The highest BCUT2D eigenvalue weighted by Gasteiger charge is 2.16. The molecule has 0 saturated heterocycles. The predicted octanol–water partition coefficient (Wildman–Crippen LogP) is 5.40. The molecule has 0 radical (unpaired) electrons. The van der Waals surface area contributed by atoms with Gasteiger partial charge in [0, 0.05) is 0 Å². The molecule has 0 unspecified atom stereocenters. The van der Waals surface area contributed by atoms with E-state index in [9.17, 15) is 4.79 Å². The summed E-state index contributed by atoms with van der Waals surface area (Å²) in [5.41, 5.74) is 4.09. The van der Waals surface area contributed by atoms with Crippen LogP contribution in [0.2, 0.25) is 0 Å². The fraction of sp³-hybridized carbons (Fsp3) is 0.381. The van der Waals surface area contributed by atoms with E-state index in [1.165, 1.54) is 37.7 Å². The van der Waals surface area contributed by atoms with Gasteiger partial charge in [0.15, 0.2) is 0 Å². The molecule has 1 fully saturated rings. The smallest absolute Gasteiger partial charge is 0.338 e. The second-order valence-corrected chi connectivity index (χ2v) is 6.50. The average Bonchev–Trinajstić information content (AvgIpc) is 2.61. The summed E-state index contributed by atoms with van der Waals surface area (Å²) >= 11 is 0. The second-order valence-electron chi connectivity index (χ2n) is 6.50. The number of carbonyl (C=O) groups excluding carboxylic acids is 1. The highest BCUT2D eigenvalue weighted by molar-refractivity contribution is 5.90. The van der Waals surface area contributed by atoms with E-state index < -0.39 is 0 Å². The summed E-state index contributed by atoms with van der Waals surface area (Å²) in [5, 5.41) is 0. The van der Waals surface area contributed by atoms with E-state index in [2.05, 4.69) is 12.1 Å². The maximum atomic E-state index is 12.3. The van der Waals surface area contributed by atoms with Crippen LogP contribution in [-0.2, 0) is 4.74 Å². The Kier molecular flexibility index (Phi) is 5.12. The minimum Gasteiger partial charge on any atom is -0.462 e. The van der Waals surface area contributed by atoms with Crippen molar-refractivity contribution < 1.29 is 9.53 Å². The molecule has 0 atom stereocenters. The first-order valence-electron chi connectivity index (χ1n) is 8.57. The van der Waals surface area contributed by atoms with Crippen LogP contribution in [0.25, 0.3) is 11.1 Å². The highest BCUT2D eigenvalue weighted by atomic mass is 16.5. The third-order valence-corrected chi connectivity index (χ3v) is 4.72. The van der Waals surface area contributed by atoms with Crippen LogP contribution < -0.4 is 0 Å². The fourth-order valence-electron chi connectivity index (χ4n) is 3.36. The Hall–Kier alpha value is -2.09. The molecule has 1 aliphatic rings. The standard InChI is InChI=1S/C21H24O2/c1-16-14-19(12-13-20(16)18-10-6-3-7-11-18)21(22)23-15-17-8-4-2-5-9-17/h3,6-7,10-14,17H,2,4-5,8-9,15H2,1H3. The Morgan fingerprint density at radius 2 is 1.78 bits per heavy atom. The van der Waals surface area contributed by atoms with E-state index in [1.54, 1.807) is 0 Å². The summed E-state index contributed by atoms with van der Waals surface area (Å²) < 4.78 is 5.53. The van der Waals surface area contributed by atoms with E-state index in [1.807, 2.05) is 43.3 Å². The molecule has 2 heteroatoms. The molecule has 0 aliphatic heterocycles. The number of carbonyl (C=O) groups is 1. The van der Waals surface area contributed by atoms with E-state index in [0.29, 0.717) is 18.1 Å². The van der Waals surface area contributed by atoms with Gasteiger partial charge in [0.05, 0.1) is 12.2 Å². The zero-order valence-corrected chi connectivity index (χ0v) is 13.8. The van der Waals surface area contributed by atoms with Crippen molar-refractivity contribution in [3.63, 3.8) is 0 Å². The predicted molar refractivity (Wildman–Crippen MR) is 93.5 cm³/mol. The maximum absolute atomic E-state index is 12.3. The Bertz CT molecular complexity index is 655. The first-order chi connectivity index (χ1) is 11.2. The van der Waals surface area contributed by atoms with Gasteiger partial charge in [0.2, 0.25) is 0 Å². The van der Waals surface area contributed by atoms with Crippen molar-refractivity contribution in [2.24, 2.45) is 5.92 Å². The van der Waals surface area contributed by atoms with Crippen molar-refractivity contribution in [1.29, 1.82) is 0 Å². The molecule has 23 heavy (non-hydrogen) atoms. The fourth-order valence-corrected chi connectivity index (χ4v) is 3.36. The zero-order chi connectivity index (χ0) is 16.1. The number of hydrogen-bond donors (Lipinski definition) is 0. The maximum Gasteiger partial charge on any atom is 0.338 e. The first-order valence-corrected chi connectivity index (χ1v) is 8.57. The second kappa shape index (κ2) is 7.45. The van der Waals surface area contributed by atoms with E-state index in [0.717, 1.165) is 11.1 Å². The summed E-state index contributed by atoms with van der Waals surface area (Å²) in [7, 11) is 0. The normalized spacial score (nSPS) is 15.3. The lowest BCUT2D eigenvalue weighted by Gasteiger charge is -2.21. The molecule has 2 nitrogen and oxygen atoms in total. The van der Waals surface area contributed by atoms with Crippen molar-refractivity contribution in [2.45, 2.75) is 39.0 Å². The molecule has 2 aromatic carbocycles. The van der Waals surface area contributed by atoms with E-state index in [4.69, 9.17) is 4.74 Å². The van der Waals surface area contributed by atoms with Crippen molar-refractivity contribution in [3.05, 3.63) is 59.7 Å². The van der Waals surface area contributed by atoms with Gasteiger partial charge in [-0.25, -0.2) is 4.79 Å². The highest BCUT2D eigenvalue weighted by Crippen LogP contribution is 2.26. The van der Waals surface area contributed by atoms with Crippen molar-refractivity contribution in [2.75, 3.05) is 6.61 Å². The quantitative estimate of drug-likeness (QED) is 0.707. The van der Waals surface area contributed by atoms with Gasteiger partial charge in [-0.3, -0.25) is 0 Å². The Morgan fingerprint density at radius 3 is 2.48 bits per heavy atom. The molecule has 1 aliphatic carbocycles. The van der Waals surface area contributed by atoms with Crippen molar-refractivity contribution in [3.8, 4) is 11.1 Å². The van der Waals surface area contributed by atoms with Crippen molar-refractivity contribution in [1.82, 2.24) is 0 Å². The molecule has 0 aromatic heterocycles. The molecular formula is C21H24O2. The summed E-state index contributed by atoms with van der Waals surface area (Å²) in [5.74, 6) is 0.357. The largest absolute Gasteiger partial charge is 0.462 e. The Morgan fingerprint density at radius 1 is 1.04 bits per heavy atom. The van der Waals surface area contributed by atoms with Crippen LogP contribution in [0.4, 0.5) is 0 Å².